The number of phenols is 1. The number of carboxylic acids is 1. The summed E-state index contributed by atoms with van der Waals surface area (Å²) in [6.45, 7) is 1.91. The van der Waals surface area contributed by atoms with Gasteiger partial charge in [0.05, 0.1) is 18.3 Å². The number of phenolic OH excluding ortho intramolecular Hbond substituents is 1. The number of carboxylic acid groups (broad SMARTS) is 1. The molecule has 0 saturated heterocycles. The van der Waals surface area contributed by atoms with Gasteiger partial charge in [-0.1, -0.05) is 11.3 Å². The number of nitrogens with zero attached hydrogens (tertiary/aromatic N) is 3. The average molecular weight is 247 g/mol. The molecule has 1 heterocycles. The Labute approximate surface area is 103 Å². The van der Waals surface area contributed by atoms with Crippen molar-refractivity contribution in [1.29, 1.82) is 0 Å². The van der Waals surface area contributed by atoms with Gasteiger partial charge in [0.15, 0.2) is 0 Å². The van der Waals surface area contributed by atoms with Crippen LogP contribution in [-0.4, -0.2) is 31.2 Å². The number of carbonyl (C=O) groups is 1. The van der Waals surface area contributed by atoms with Crippen LogP contribution in [0.2, 0.25) is 0 Å². The number of hydrogen-bond acceptors (Lipinski definition) is 4. The molecule has 6 nitrogen and oxygen atoms in total. The lowest BCUT2D eigenvalue weighted by molar-refractivity contribution is -0.136. The molecular weight excluding hydrogens is 234 g/mol. The number of aryl methyl sites for hydroxylation is 2. The van der Waals surface area contributed by atoms with Crippen LogP contribution in [0.25, 0.3) is 5.69 Å². The summed E-state index contributed by atoms with van der Waals surface area (Å²) in [5.41, 5.74) is 2.10. The number of hydrogen-bond donors (Lipinski definition) is 2. The molecule has 18 heavy (non-hydrogen) atoms. The van der Waals surface area contributed by atoms with Crippen molar-refractivity contribution in [1.82, 2.24) is 15.0 Å². The quantitative estimate of drug-likeness (QED) is 0.850. The maximum Gasteiger partial charge on any atom is 0.303 e. The highest BCUT2D eigenvalue weighted by atomic mass is 16.4. The van der Waals surface area contributed by atoms with Crippen LogP contribution < -0.4 is 0 Å². The molecule has 0 radical (unpaired) electrons. The lowest BCUT2D eigenvalue weighted by Crippen LogP contribution is -1.97. The Kier molecular flexibility index (Phi) is 3.27. The lowest BCUT2D eigenvalue weighted by atomic mass is 10.2. The maximum atomic E-state index is 10.5. The van der Waals surface area contributed by atoms with E-state index in [0.717, 1.165) is 5.56 Å². The SMILES string of the molecule is Cc1ccc(O)c(-n2cc(CCC(=O)O)nn2)c1. The summed E-state index contributed by atoms with van der Waals surface area (Å²) in [7, 11) is 0. The molecule has 0 aliphatic carbocycles. The molecule has 0 unspecified atom stereocenters. The third kappa shape index (κ3) is 2.65. The zero-order valence-electron chi connectivity index (χ0n) is 9.87. The van der Waals surface area contributed by atoms with Crippen molar-refractivity contribution in [3.63, 3.8) is 0 Å². The standard InChI is InChI=1S/C12H13N3O3/c1-8-2-4-11(16)10(6-8)15-7-9(13-14-15)3-5-12(17)18/h2,4,6-7,16H,3,5H2,1H3,(H,17,18). The fourth-order valence-corrected chi connectivity index (χ4v) is 1.58. The second-order valence-corrected chi connectivity index (χ2v) is 4.04. The summed E-state index contributed by atoms with van der Waals surface area (Å²) in [5.74, 6) is -0.766. The van der Waals surface area contributed by atoms with Gasteiger partial charge >= 0.3 is 5.97 Å². The highest BCUT2D eigenvalue weighted by molar-refractivity contribution is 5.66. The van der Waals surface area contributed by atoms with Crippen LogP contribution in [0.4, 0.5) is 0 Å². The first-order valence-electron chi connectivity index (χ1n) is 5.49. The van der Waals surface area contributed by atoms with Crippen molar-refractivity contribution in [3.8, 4) is 11.4 Å². The predicted molar refractivity (Wildman–Crippen MR) is 63.7 cm³/mol. The van der Waals surface area contributed by atoms with Gasteiger partial charge in [-0.2, -0.15) is 0 Å². The van der Waals surface area contributed by atoms with E-state index in [0.29, 0.717) is 17.8 Å². The average Bonchev–Trinajstić information content (AvgIpc) is 2.78. The molecule has 2 aromatic rings. The molecule has 94 valence electrons. The minimum absolute atomic E-state index is 0.0124. The highest BCUT2D eigenvalue weighted by Crippen LogP contribution is 2.21. The lowest BCUT2D eigenvalue weighted by Gasteiger charge is -2.04. The fourth-order valence-electron chi connectivity index (χ4n) is 1.58. The Morgan fingerprint density at radius 3 is 2.94 bits per heavy atom. The predicted octanol–water partition coefficient (Wildman–Crippen LogP) is 1.30. The van der Waals surface area contributed by atoms with Gasteiger partial charge in [-0.05, 0) is 24.6 Å². The Hall–Kier alpha value is -2.37. The molecule has 2 N–H and O–H groups in total. The largest absolute Gasteiger partial charge is 0.506 e. The Morgan fingerprint density at radius 2 is 2.22 bits per heavy atom. The van der Waals surface area contributed by atoms with Gasteiger partial charge in [0.1, 0.15) is 11.4 Å². The minimum atomic E-state index is -0.872. The van der Waals surface area contributed by atoms with Crippen molar-refractivity contribution < 1.29 is 15.0 Å². The van der Waals surface area contributed by atoms with Crippen LogP contribution >= 0.6 is 0 Å². The van der Waals surface area contributed by atoms with Crippen molar-refractivity contribution in [3.05, 3.63) is 35.7 Å². The van der Waals surface area contributed by atoms with Crippen molar-refractivity contribution in [2.45, 2.75) is 19.8 Å². The molecule has 0 aliphatic heterocycles. The molecule has 0 aliphatic rings. The third-order valence-corrected chi connectivity index (χ3v) is 2.51. The van der Waals surface area contributed by atoms with Gasteiger partial charge in [-0.3, -0.25) is 4.79 Å². The van der Waals surface area contributed by atoms with Gasteiger partial charge in [0.25, 0.3) is 0 Å². The monoisotopic (exact) mass is 247 g/mol. The van der Waals surface area contributed by atoms with E-state index in [2.05, 4.69) is 10.3 Å². The molecule has 0 spiro atoms. The van der Waals surface area contributed by atoms with Gasteiger partial charge < -0.3 is 10.2 Å². The summed E-state index contributed by atoms with van der Waals surface area (Å²) >= 11 is 0. The van der Waals surface area contributed by atoms with E-state index in [4.69, 9.17) is 5.11 Å². The van der Waals surface area contributed by atoms with Gasteiger partial charge in [0.2, 0.25) is 0 Å². The van der Waals surface area contributed by atoms with E-state index in [1.165, 1.54) is 4.68 Å². The third-order valence-electron chi connectivity index (χ3n) is 2.51. The fraction of sp³-hybridized carbons (Fsp3) is 0.250. The van der Waals surface area contributed by atoms with Crippen LogP contribution in [0.15, 0.2) is 24.4 Å². The zero-order valence-corrected chi connectivity index (χ0v) is 9.87. The maximum absolute atomic E-state index is 10.5. The van der Waals surface area contributed by atoms with Crippen LogP contribution in [0.1, 0.15) is 17.7 Å². The molecule has 0 bridgehead atoms. The van der Waals surface area contributed by atoms with E-state index in [9.17, 15) is 9.90 Å². The number of aliphatic carboxylic acids is 1. The minimum Gasteiger partial charge on any atom is -0.506 e. The van der Waals surface area contributed by atoms with Crippen LogP contribution in [0, 0.1) is 6.92 Å². The molecular formula is C12H13N3O3. The van der Waals surface area contributed by atoms with E-state index in [1.54, 1.807) is 24.4 Å². The molecule has 1 aromatic carbocycles. The first-order valence-corrected chi connectivity index (χ1v) is 5.49. The first kappa shape index (κ1) is 12.1. The molecule has 0 atom stereocenters. The molecule has 0 fully saturated rings. The highest BCUT2D eigenvalue weighted by Gasteiger charge is 2.08. The van der Waals surface area contributed by atoms with Crippen molar-refractivity contribution >= 4 is 5.97 Å². The first-order chi connectivity index (χ1) is 8.56. The second kappa shape index (κ2) is 4.87. The van der Waals surface area contributed by atoms with Gasteiger partial charge in [0, 0.05) is 6.42 Å². The zero-order chi connectivity index (χ0) is 13.1. The van der Waals surface area contributed by atoms with Gasteiger partial charge in [-0.25, -0.2) is 4.68 Å². The summed E-state index contributed by atoms with van der Waals surface area (Å²) in [6.07, 6.45) is 1.96. The second-order valence-electron chi connectivity index (χ2n) is 4.04. The summed E-state index contributed by atoms with van der Waals surface area (Å²) in [5, 5.41) is 26.1. The Balaban J connectivity index is 2.23. The summed E-state index contributed by atoms with van der Waals surface area (Å²) < 4.78 is 1.44. The van der Waals surface area contributed by atoms with Crippen LogP contribution in [0.3, 0.4) is 0 Å². The van der Waals surface area contributed by atoms with Crippen molar-refractivity contribution in [2.75, 3.05) is 0 Å². The smallest absolute Gasteiger partial charge is 0.303 e. The van der Waals surface area contributed by atoms with Crippen LogP contribution in [0.5, 0.6) is 5.75 Å². The van der Waals surface area contributed by atoms with E-state index in [-0.39, 0.29) is 12.2 Å². The topological polar surface area (TPSA) is 88.2 Å². The number of rotatable bonds is 4. The molecule has 1 aromatic heterocycles. The summed E-state index contributed by atoms with van der Waals surface area (Å²) in [6, 6.07) is 5.16. The normalized spacial score (nSPS) is 10.5. The Bertz CT molecular complexity index is 578. The van der Waals surface area contributed by atoms with Crippen molar-refractivity contribution in [2.24, 2.45) is 0 Å². The van der Waals surface area contributed by atoms with E-state index < -0.39 is 5.97 Å². The number of aromatic hydroxyl groups is 1. The molecule has 6 heteroatoms. The number of aromatic nitrogens is 3. The van der Waals surface area contributed by atoms with Gasteiger partial charge in [-0.15, -0.1) is 5.10 Å². The summed E-state index contributed by atoms with van der Waals surface area (Å²) in [4.78, 5) is 10.5. The van der Waals surface area contributed by atoms with E-state index in [1.807, 2.05) is 6.92 Å². The molecule has 2 rings (SSSR count). The Morgan fingerprint density at radius 1 is 1.44 bits per heavy atom. The molecule has 0 amide bonds. The van der Waals surface area contributed by atoms with E-state index >= 15 is 0 Å². The molecule has 0 saturated carbocycles. The van der Waals surface area contributed by atoms with Crippen LogP contribution in [-0.2, 0) is 11.2 Å². The number of benzene rings is 1.